The number of H-pyrrole nitrogens is 1. The topological polar surface area (TPSA) is 56.3 Å². The lowest BCUT2D eigenvalue weighted by Crippen LogP contribution is -2.37. The molecule has 4 rings (SSSR count). The van der Waals surface area contributed by atoms with Gasteiger partial charge in [0, 0.05) is 35.8 Å². The van der Waals surface area contributed by atoms with Crippen molar-refractivity contribution in [2.45, 2.75) is 38.7 Å². The SMILES string of the molecule is CCc1cccc2c(C3CCN(C(=O)c4cccc(CO)c4)CC3)c[nH]c12. The highest BCUT2D eigenvalue weighted by Gasteiger charge is 2.26. The summed E-state index contributed by atoms with van der Waals surface area (Å²) in [6.07, 6.45) is 5.15. The maximum absolute atomic E-state index is 12.8. The number of aliphatic hydroxyl groups is 1. The molecule has 0 saturated carbocycles. The van der Waals surface area contributed by atoms with Crippen molar-refractivity contribution >= 4 is 16.8 Å². The minimum atomic E-state index is -0.0382. The summed E-state index contributed by atoms with van der Waals surface area (Å²) in [5.41, 5.74) is 5.44. The first-order valence-corrected chi connectivity index (χ1v) is 9.79. The van der Waals surface area contributed by atoms with E-state index in [0.717, 1.165) is 37.9 Å². The fraction of sp³-hybridized carbons (Fsp3) is 0.348. The smallest absolute Gasteiger partial charge is 0.253 e. The number of para-hydroxylation sites is 1. The number of fused-ring (bicyclic) bond motifs is 1. The van der Waals surface area contributed by atoms with E-state index in [1.165, 1.54) is 22.0 Å². The Morgan fingerprint density at radius 1 is 1.19 bits per heavy atom. The predicted octanol–water partition coefficient (Wildman–Crippen LogP) is 4.24. The first-order chi connectivity index (χ1) is 13.2. The van der Waals surface area contributed by atoms with E-state index in [-0.39, 0.29) is 12.5 Å². The fourth-order valence-corrected chi connectivity index (χ4v) is 4.25. The Bertz CT molecular complexity index is 952. The van der Waals surface area contributed by atoms with Crippen LogP contribution >= 0.6 is 0 Å². The van der Waals surface area contributed by atoms with Gasteiger partial charge in [0.25, 0.3) is 5.91 Å². The minimum absolute atomic E-state index is 0.0382. The number of benzene rings is 2. The summed E-state index contributed by atoms with van der Waals surface area (Å²) in [5.74, 6) is 0.551. The third-order valence-electron chi connectivity index (χ3n) is 5.79. The second-order valence-corrected chi connectivity index (χ2v) is 7.36. The van der Waals surface area contributed by atoms with Crippen LogP contribution in [0.4, 0.5) is 0 Å². The van der Waals surface area contributed by atoms with E-state index >= 15 is 0 Å². The molecule has 1 aliphatic heterocycles. The summed E-state index contributed by atoms with van der Waals surface area (Å²) in [6, 6.07) is 13.8. The maximum Gasteiger partial charge on any atom is 0.253 e. The third kappa shape index (κ3) is 3.37. The Labute approximate surface area is 159 Å². The summed E-state index contributed by atoms with van der Waals surface area (Å²) < 4.78 is 0. The summed E-state index contributed by atoms with van der Waals surface area (Å²) in [4.78, 5) is 18.2. The van der Waals surface area contributed by atoms with Crippen molar-refractivity contribution in [3.05, 3.63) is 70.9 Å². The molecule has 1 aromatic heterocycles. The van der Waals surface area contributed by atoms with Crippen LogP contribution in [0.3, 0.4) is 0 Å². The van der Waals surface area contributed by atoms with Crippen LogP contribution in [0.5, 0.6) is 0 Å². The molecule has 0 atom stereocenters. The number of rotatable bonds is 4. The Kier molecular flexibility index (Phi) is 4.99. The van der Waals surface area contributed by atoms with Gasteiger partial charge < -0.3 is 15.0 Å². The van der Waals surface area contributed by atoms with Gasteiger partial charge in [0.05, 0.1) is 6.61 Å². The highest BCUT2D eigenvalue weighted by Crippen LogP contribution is 2.34. The summed E-state index contributed by atoms with van der Waals surface area (Å²) >= 11 is 0. The number of carbonyl (C=O) groups excluding carboxylic acids is 1. The molecule has 2 N–H and O–H groups in total. The molecule has 27 heavy (non-hydrogen) atoms. The lowest BCUT2D eigenvalue weighted by atomic mass is 9.88. The maximum atomic E-state index is 12.8. The average Bonchev–Trinajstić information content (AvgIpc) is 3.17. The van der Waals surface area contributed by atoms with E-state index < -0.39 is 0 Å². The van der Waals surface area contributed by atoms with Gasteiger partial charge in [0.1, 0.15) is 0 Å². The molecule has 0 unspecified atom stereocenters. The van der Waals surface area contributed by atoms with Gasteiger partial charge in [-0.3, -0.25) is 4.79 Å². The number of aryl methyl sites for hydroxylation is 1. The summed E-state index contributed by atoms with van der Waals surface area (Å²) in [5, 5.41) is 10.6. The van der Waals surface area contributed by atoms with Crippen molar-refractivity contribution in [2.24, 2.45) is 0 Å². The van der Waals surface area contributed by atoms with Crippen molar-refractivity contribution in [3.63, 3.8) is 0 Å². The van der Waals surface area contributed by atoms with Gasteiger partial charge >= 0.3 is 0 Å². The lowest BCUT2D eigenvalue weighted by Gasteiger charge is -2.32. The molecule has 1 saturated heterocycles. The summed E-state index contributed by atoms with van der Waals surface area (Å²) in [7, 11) is 0. The second-order valence-electron chi connectivity index (χ2n) is 7.36. The Morgan fingerprint density at radius 2 is 1.96 bits per heavy atom. The van der Waals surface area contributed by atoms with E-state index in [2.05, 4.69) is 36.3 Å². The normalized spacial score (nSPS) is 15.4. The molecule has 0 bridgehead atoms. The van der Waals surface area contributed by atoms with E-state index in [1.807, 2.05) is 23.1 Å². The zero-order valence-corrected chi connectivity index (χ0v) is 15.7. The summed E-state index contributed by atoms with van der Waals surface area (Å²) in [6.45, 7) is 3.69. The fourth-order valence-electron chi connectivity index (χ4n) is 4.25. The number of amides is 1. The molecule has 1 aliphatic rings. The quantitative estimate of drug-likeness (QED) is 0.729. The number of aromatic amines is 1. The number of hydrogen-bond acceptors (Lipinski definition) is 2. The molecule has 0 radical (unpaired) electrons. The Morgan fingerprint density at radius 3 is 2.70 bits per heavy atom. The number of aliphatic hydroxyl groups excluding tert-OH is 1. The zero-order valence-electron chi connectivity index (χ0n) is 15.7. The third-order valence-corrected chi connectivity index (χ3v) is 5.79. The minimum Gasteiger partial charge on any atom is -0.392 e. The van der Waals surface area contributed by atoms with Crippen LogP contribution in [-0.2, 0) is 13.0 Å². The van der Waals surface area contributed by atoms with Crippen LogP contribution in [0, 0.1) is 0 Å². The lowest BCUT2D eigenvalue weighted by molar-refractivity contribution is 0.0713. The number of piperidine rings is 1. The first kappa shape index (κ1) is 17.8. The van der Waals surface area contributed by atoms with Crippen molar-refractivity contribution in [3.8, 4) is 0 Å². The number of nitrogens with zero attached hydrogens (tertiary/aromatic N) is 1. The number of likely N-dealkylation sites (tertiary alicyclic amines) is 1. The van der Waals surface area contributed by atoms with Gasteiger partial charge in [-0.05, 0) is 54.0 Å². The van der Waals surface area contributed by atoms with Crippen LogP contribution in [0.15, 0.2) is 48.7 Å². The van der Waals surface area contributed by atoms with E-state index in [9.17, 15) is 9.90 Å². The highest BCUT2D eigenvalue weighted by atomic mass is 16.3. The van der Waals surface area contributed by atoms with Crippen LogP contribution in [0.25, 0.3) is 10.9 Å². The van der Waals surface area contributed by atoms with Crippen molar-refractivity contribution in [1.29, 1.82) is 0 Å². The van der Waals surface area contributed by atoms with Gasteiger partial charge in [-0.2, -0.15) is 0 Å². The van der Waals surface area contributed by atoms with Gasteiger partial charge in [-0.25, -0.2) is 0 Å². The average molecular weight is 362 g/mol. The van der Waals surface area contributed by atoms with Crippen LogP contribution in [-0.4, -0.2) is 34.0 Å². The number of hydrogen-bond donors (Lipinski definition) is 2. The van der Waals surface area contributed by atoms with Gasteiger partial charge in [0.2, 0.25) is 0 Å². The van der Waals surface area contributed by atoms with Gasteiger partial charge in [-0.1, -0.05) is 37.3 Å². The number of aromatic nitrogens is 1. The number of carbonyl (C=O) groups is 1. The van der Waals surface area contributed by atoms with Gasteiger partial charge in [-0.15, -0.1) is 0 Å². The van der Waals surface area contributed by atoms with Crippen LogP contribution < -0.4 is 0 Å². The van der Waals surface area contributed by atoms with E-state index in [1.54, 1.807) is 6.07 Å². The molecule has 4 heteroatoms. The molecule has 3 aromatic rings. The van der Waals surface area contributed by atoms with E-state index in [4.69, 9.17) is 0 Å². The van der Waals surface area contributed by atoms with Crippen molar-refractivity contribution < 1.29 is 9.90 Å². The van der Waals surface area contributed by atoms with Crippen molar-refractivity contribution in [2.75, 3.05) is 13.1 Å². The molecule has 0 aliphatic carbocycles. The Hall–Kier alpha value is -2.59. The van der Waals surface area contributed by atoms with E-state index in [0.29, 0.717) is 11.5 Å². The second kappa shape index (κ2) is 7.57. The van der Waals surface area contributed by atoms with Gasteiger partial charge in [0.15, 0.2) is 0 Å². The molecular weight excluding hydrogens is 336 g/mol. The molecule has 0 spiro atoms. The van der Waals surface area contributed by atoms with Crippen LogP contribution in [0.2, 0.25) is 0 Å². The monoisotopic (exact) mass is 362 g/mol. The molecule has 140 valence electrons. The molecular formula is C23H26N2O2. The first-order valence-electron chi connectivity index (χ1n) is 9.79. The highest BCUT2D eigenvalue weighted by molar-refractivity contribution is 5.94. The largest absolute Gasteiger partial charge is 0.392 e. The molecule has 1 fully saturated rings. The molecule has 1 amide bonds. The molecule has 4 nitrogen and oxygen atoms in total. The van der Waals surface area contributed by atoms with Crippen LogP contribution in [0.1, 0.15) is 52.7 Å². The zero-order chi connectivity index (χ0) is 18.8. The Balaban J connectivity index is 1.48. The predicted molar refractivity (Wildman–Crippen MR) is 108 cm³/mol. The standard InChI is InChI=1S/C23H26N2O2/c1-2-17-6-4-8-20-21(14-24-22(17)20)18-9-11-25(12-10-18)23(27)19-7-3-5-16(13-19)15-26/h3-8,13-14,18,24,26H,2,9-12,15H2,1H3. The molecule has 2 heterocycles. The van der Waals surface area contributed by atoms with Crippen molar-refractivity contribution in [1.82, 2.24) is 9.88 Å². The molecule has 2 aromatic carbocycles. The number of nitrogens with one attached hydrogen (secondary N) is 1.